The number of aryl methyl sites for hydroxylation is 1. The molecule has 1 N–H and O–H groups in total. The highest BCUT2D eigenvalue weighted by Gasteiger charge is 2.23. The maximum atomic E-state index is 12.4. The number of carbonyl (C=O) groups is 2. The number of rotatable bonds is 8. The van der Waals surface area contributed by atoms with Crippen molar-refractivity contribution in [3.8, 4) is 0 Å². The van der Waals surface area contributed by atoms with Gasteiger partial charge in [0.05, 0.1) is 12.5 Å². The molecule has 0 bridgehead atoms. The summed E-state index contributed by atoms with van der Waals surface area (Å²) in [6, 6.07) is -0.418. The Bertz CT molecular complexity index is 612. The van der Waals surface area contributed by atoms with Crippen molar-refractivity contribution in [2.24, 2.45) is 13.0 Å². The Kier molecular flexibility index (Phi) is 10.5. The number of nitrogens with one attached hydrogen (secondary N) is 1. The first kappa shape index (κ1) is 22.9. The molecule has 0 aromatic carbocycles. The van der Waals surface area contributed by atoms with Crippen LogP contribution in [0.2, 0.25) is 0 Å². The van der Waals surface area contributed by atoms with Crippen molar-refractivity contribution >= 4 is 23.8 Å². The van der Waals surface area contributed by atoms with Gasteiger partial charge in [-0.25, -0.2) is 0 Å². The van der Waals surface area contributed by atoms with E-state index in [0.717, 1.165) is 23.2 Å². The summed E-state index contributed by atoms with van der Waals surface area (Å²) in [6.07, 6.45) is 8.76. The maximum Gasteiger partial charge on any atom is 0.225 e. The minimum absolute atomic E-state index is 0.000638. The summed E-state index contributed by atoms with van der Waals surface area (Å²) in [5.41, 5.74) is 2.90. The lowest BCUT2D eigenvalue weighted by Gasteiger charge is -2.21. The molecular weight excluding hydrogens is 312 g/mol. The summed E-state index contributed by atoms with van der Waals surface area (Å²) < 4.78 is 1.98. The van der Waals surface area contributed by atoms with Crippen LogP contribution in [0.1, 0.15) is 64.8 Å². The number of aromatic nitrogens is 1. The molecule has 0 aliphatic rings. The number of hydrogen-bond donors (Lipinski definition) is 1. The summed E-state index contributed by atoms with van der Waals surface area (Å²) in [4.78, 5) is 24.1. The molecule has 0 radical (unpaired) electrons. The zero-order valence-electron chi connectivity index (χ0n) is 16.8. The van der Waals surface area contributed by atoms with Gasteiger partial charge in [-0.1, -0.05) is 52.8 Å². The molecule has 0 spiro atoms. The fourth-order valence-electron chi connectivity index (χ4n) is 2.75. The fraction of sp³-hybridized carbons (Fsp3) is 0.524. The summed E-state index contributed by atoms with van der Waals surface area (Å²) in [7, 11) is 1.95. The fourth-order valence-corrected chi connectivity index (χ4v) is 2.75. The van der Waals surface area contributed by atoms with Gasteiger partial charge in [0.1, 0.15) is 0 Å². The highest BCUT2D eigenvalue weighted by atomic mass is 16.2. The third kappa shape index (κ3) is 6.37. The third-order valence-electron chi connectivity index (χ3n) is 4.20. The predicted octanol–water partition coefficient (Wildman–Crippen LogP) is 4.39. The second-order valence-electron chi connectivity index (χ2n) is 5.99. The first-order valence-electron chi connectivity index (χ1n) is 9.08. The van der Waals surface area contributed by atoms with Gasteiger partial charge < -0.3 is 9.88 Å². The average molecular weight is 347 g/mol. The van der Waals surface area contributed by atoms with Crippen LogP contribution in [0, 0.1) is 5.92 Å². The van der Waals surface area contributed by atoms with Crippen LogP contribution in [0.4, 0.5) is 0 Å². The molecule has 25 heavy (non-hydrogen) atoms. The topological polar surface area (TPSA) is 51.1 Å². The predicted molar refractivity (Wildman–Crippen MR) is 107 cm³/mol. The molecule has 0 saturated carbocycles. The van der Waals surface area contributed by atoms with Crippen molar-refractivity contribution in [3.63, 3.8) is 0 Å². The van der Waals surface area contributed by atoms with E-state index >= 15 is 0 Å². The van der Waals surface area contributed by atoms with Gasteiger partial charge in [0.15, 0.2) is 5.78 Å². The van der Waals surface area contributed by atoms with Gasteiger partial charge in [0.2, 0.25) is 5.91 Å². The van der Waals surface area contributed by atoms with E-state index in [4.69, 9.17) is 0 Å². The molecule has 2 atom stereocenters. The Labute approximate surface area is 153 Å². The van der Waals surface area contributed by atoms with Gasteiger partial charge >= 0.3 is 0 Å². The first-order valence-corrected chi connectivity index (χ1v) is 9.08. The van der Waals surface area contributed by atoms with Gasteiger partial charge in [-0.3, -0.25) is 9.59 Å². The van der Waals surface area contributed by atoms with Crippen LogP contribution < -0.4 is 5.32 Å². The van der Waals surface area contributed by atoms with Gasteiger partial charge in [0.25, 0.3) is 0 Å². The first-order chi connectivity index (χ1) is 11.8. The minimum atomic E-state index is -0.418. The smallest absolute Gasteiger partial charge is 0.225 e. The average Bonchev–Trinajstić information content (AvgIpc) is 2.88. The summed E-state index contributed by atoms with van der Waals surface area (Å²) in [5.74, 6) is -0.00442. The molecule has 1 rings (SSSR count). The molecule has 1 unspecified atom stereocenters. The Hall–Kier alpha value is -2.10. The van der Waals surface area contributed by atoms with Gasteiger partial charge in [0, 0.05) is 24.5 Å². The van der Waals surface area contributed by atoms with Crippen LogP contribution in [0.5, 0.6) is 0 Å². The van der Waals surface area contributed by atoms with Gasteiger partial charge in [-0.15, -0.1) is 0 Å². The molecule has 1 aromatic rings. The van der Waals surface area contributed by atoms with E-state index in [9.17, 15) is 9.59 Å². The molecule has 1 aromatic heterocycles. The third-order valence-corrected chi connectivity index (χ3v) is 4.20. The Morgan fingerprint density at radius 2 is 1.96 bits per heavy atom. The van der Waals surface area contributed by atoms with Gasteiger partial charge in [-0.05, 0) is 31.4 Å². The largest absolute Gasteiger partial charge is 0.350 e. The van der Waals surface area contributed by atoms with Crippen LogP contribution in [0.3, 0.4) is 0 Å². The highest BCUT2D eigenvalue weighted by Crippen LogP contribution is 2.20. The van der Waals surface area contributed by atoms with E-state index in [-0.39, 0.29) is 24.0 Å². The lowest BCUT2D eigenvalue weighted by Crippen LogP contribution is -2.44. The normalized spacial score (nSPS) is 12.9. The van der Waals surface area contributed by atoms with Gasteiger partial charge in [-0.2, -0.15) is 0 Å². The number of carbonyl (C=O) groups excluding carboxylic acids is 2. The van der Waals surface area contributed by atoms with Crippen molar-refractivity contribution in [1.82, 2.24) is 9.88 Å². The molecule has 0 fully saturated rings. The Morgan fingerprint density at radius 1 is 1.36 bits per heavy atom. The number of Topliss-reactive ketones (excluding diaryl/α,β-unsaturated/α-hetero) is 1. The summed E-state index contributed by atoms with van der Waals surface area (Å²) in [6.45, 7) is 15.3. The zero-order chi connectivity index (χ0) is 19.6. The van der Waals surface area contributed by atoms with Crippen molar-refractivity contribution in [2.75, 3.05) is 0 Å². The molecule has 0 saturated heterocycles. The molecule has 1 amide bonds. The Morgan fingerprint density at radius 3 is 2.40 bits per heavy atom. The number of nitrogens with zero attached hydrogens (tertiary/aromatic N) is 1. The monoisotopic (exact) mass is 346 g/mol. The Balaban J connectivity index is 0.00000277. The van der Waals surface area contributed by atoms with Crippen molar-refractivity contribution in [2.45, 2.75) is 60.4 Å². The standard InChI is InChI=1S/C19H28N2O2.C2H6/c1-7-10-17-16(9-3)15(12-21(17)6)11-18(23)20-19(14(5)22)13(4)8-2;1-2/h7,9-10,12-13,19H,3,8,11H2,1-2,4-6H3,(H,20,23);1-2H3/b10-7-;/t13-,19?;/m0./s1. The lowest BCUT2D eigenvalue weighted by atomic mass is 9.95. The van der Waals surface area contributed by atoms with Crippen molar-refractivity contribution in [3.05, 3.63) is 35.7 Å². The van der Waals surface area contributed by atoms with Crippen LogP contribution >= 0.6 is 0 Å². The van der Waals surface area contributed by atoms with E-state index < -0.39 is 6.04 Å². The molecule has 1 heterocycles. The SMILES string of the molecule is C=Cc1c(CC(=O)NC(C(C)=O)[C@@H](C)CC)cn(C)c1/C=C\C.CC. The number of hydrogen-bond acceptors (Lipinski definition) is 2. The van der Waals surface area contributed by atoms with Crippen molar-refractivity contribution < 1.29 is 9.59 Å². The molecule has 0 aliphatic carbocycles. The number of ketones is 1. The number of allylic oxidation sites excluding steroid dienone is 1. The zero-order valence-corrected chi connectivity index (χ0v) is 16.8. The highest BCUT2D eigenvalue weighted by molar-refractivity contribution is 5.89. The quantitative estimate of drug-likeness (QED) is 0.759. The lowest BCUT2D eigenvalue weighted by molar-refractivity contribution is -0.127. The van der Waals surface area contributed by atoms with Crippen molar-refractivity contribution in [1.29, 1.82) is 0 Å². The van der Waals surface area contributed by atoms with E-state index in [2.05, 4.69) is 11.9 Å². The second-order valence-corrected chi connectivity index (χ2v) is 5.99. The van der Waals surface area contributed by atoms with E-state index in [0.29, 0.717) is 0 Å². The summed E-state index contributed by atoms with van der Waals surface area (Å²) in [5, 5.41) is 2.88. The molecule has 140 valence electrons. The van der Waals surface area contributed by atoms with E-state index in [1.807, 2.05) is 64.6 Å². The maximum absolute atomic E-state index is 12.4. The molecule has 0 aliphatic heterocycles. The minimum Gasteiger partial charge on any atom is -0.350 e. The van der Waals surface area contributed by atoms with Crippen LogP contribution in [0.15, 0.2) is 18.9 Å². The van der Waals surface area contributed by atoms with E-state index in [1.165, 1.54) is 6.92 Å². The second kappa shape index (κ2) is 11.5. The number of amides is 1. The van der Waals surface area contributed by atoms with Crippen LogP contribution in [-0.4, -0.2) is 22.3 Å². The molecule has 4 heteroatoms. The summed E-state index contributed by atoms with van der Waals surface area (Å²) >= 11 is 0. The molecular formula is C21H34N2O2. The van der Waals surface area contributed by atoms with Crippen LogP contribution in [0.25, 0.3) is 12.2 Å². The van der Waals surface area contributed by atoms with Crippen LogP contribution in [-0.2, 0) is 23.1 Å². The van der Waals surface area contributed by atoms with E-state index in [1.54, 1.807) is 6.08 Å². The molecule has 4 nitrogen and oxygen atoms in total.